The van der Waals surface area contributed by atoms with Gasteiger partial charge in [-0.3, -0.25) is 0 Å². The standard InChI is InChI=1S/C28H32F2/c1-3-5-6-7-9-15-24-20-26(28(30)27(29)25(24)12-4-2)23-18-16-22(17-19-23)21-13-10-8-11-14-21/h8,10-11,13-14,16-20H,3-7,9,12,15H2,1-2H3. The Labute approximate surface area is 180 Å². The first-order chi connectivity index (χ1) is 14.7. The molecule has 0 heterocycles. The summed E-state index contributed by atoms with van der Waals surface area (Å²) in [6, 6.07) is 19.7. The van der Waals surface area contributed by atoms with Gasteiger partial charge in [0.1, 0.15) is 0 Å². The normalized spacial score (nSPS) is 11.1. The van der Waals surface area contributed by atoms with Gasteiger partial charge in [-0.1, -0.05) is 101 Å². The van der Waals surface area contributed by atoms with Crippen molar-refractivity contribution in [3.05, 3.63) is 83.4 Å². The van der Waals surface area contributed by atoms with Gasteiger partial charge in [-0.15, -0.1) is 0 Å². The molecule has 0 spiro atoms. The molecule has 0 nitrogen and oxygen atoms in total. The molecular formula is C28H32F2. The van der Waals surface area contributed by atoms with Crippen molar-refractivity contribution in [2.24, 2.45) is 0 Å². The van der Waals surface area contributed by atoms with E-state index in [4.69, 9.17) is 0 Å². The van der Waals surface area contributed by atoms with Gasteiger partial charge in [0.05, 0.1) is 0 Å². The minimum absolute atomic E-state index is 0.371. The van der Waals surface area contributed by atoms with Crippen LogP contribution in [0.3, 0.4) is 0 Å². The first-order valence-corrected chi connectivity index (χ1v) is 11.3. The highest BCUT2D eigenvalue weighted by Gasteiger charge is 2.19. The summed E-state index contributed by atoms with van der Waals surface area (Å²) in [5.74, 6) is -1.38. The zero-order valence-electron chi connectivity index (χ0n) is 18.2. The quantitative estimate of drug-likeness (QED) is 0.295. The van der Waals surface area contributed by atoms with E-state index in [0.717, 1.165) is 47.9 Å². The molecule has 0 bridgehead atoms. The number of hydrogen-bond donors (Lipinski definition) is 0. The molecule has 0 atom stereocenters. The van der Waals surface area contributed by atoms with Crippen LogP contribution in [0, 0.1) is 11.6 Å². The minimum Gasteiger partial charge on any atom is -0.203 e. The maximum Gasteiger partial charge on any atom is 0.166 e. The van der Waals surface area contributed by atoms with Gasteiger partial charge >= 0.3 is 0 Å². The SMILES string of the molecule is CCCCCCCc1cc(-c2ccc(-c3ccccc3)cc2)c(F)c(F)c1CCC. The second-order valence-electron chi connectivity index (χ2n) is 8.05. The van der Waals surface area contributed by atoms with E-state index in [1.54, 1.807) is 0 Å². The third kappa shape index (κ3) is 5.36. The first-order valence-electron chi connectivity index (χ1n) is 11.3. The number of aryl methyl sites for hydroxylation is 1. The number of rotatable bonds is 10. The molecule has 0 aromatic heterocycles. The second kappa shape index (κ2) is 11.1. The summed E-state index contributed by atoms with van der Waals surface area (Å²) in [6.45, 7) is 4.21. The fraction of sp³-hybridized carbons (Fsp3) is 0.357. The first kappa shape index (κ1) is 22.2. The second-order valence-corrected chi connectivity index (χ2v) is 8.05. The van der Waals surface area contributed by atoms with Gasteiger partial charge in [-0.25, -0.2) is 8.78 Å². The number of unbranched alkanes of at least 4 members (excludes halogenated alkanes) is 4. The van der Waals surface area contributed by atoms with E-state index in [1.165, 1.54) is 19.3 Å². The molecule has 0 aliphatic heterocycles. The average Bonchev–Trinajstić information content (AvgIpc) is 2.79. The Balaban J connectivity index is 1.90. The molecule has 3 aromatic carbocycles. The van der Waals surface area contributed by atoms with Crippen LogP contribution in [0.2, 0.25) is 0 Å². The van der Waals surface area contributed by atoms with E-state index in [-0.39, 0.29) is 0 Å². The van der Waals surface area contributed by atoms with Crippen LogP contribution >= 0.6 is 0 Å². The van der Waals surface area contributed by atoms with E-state index >= 15 is 0 Å². The maximum absolute atomic E-state index is 15.0. The lowest BCUT2D eigenvalue weighted by atomic mass is 9.92. The molecule has 0 unspecified atom stereocenters. The van der Waals surface area contributed by atoms with Crippen molar-refractivity contribution in [2.75, 3.05) is 0 Å². The zero-order valence-corrected chi connectivity index (χ0v) is 18.2. The van der Waals surface area contributed by atoms with Gasteiger partial charge in [0.15, 0.2) is 11.6 Å². The fourth-order valence-corrected chi connectivity index (χ4v) is 4.06. The van der Waals surface area contributed by atoms with Gasteiger partial charge in [-0.2, -0.15) is 0 Å². The number of hydrogen-bond acceptors (Lipinski definition) is 0. The molecular weight excluding hydrogens is 374 g/mol. The summed E-state index contributed by atoms with van der Waals surface area (Å²) in [4.78, 5) is 0. The summed E-state index contributed by atoms with van der Waals surface area (Å²) < 4.78 is 30.0. The van der Waals surface area contributed by atoms with Crippen LogP contribution in [0.4, 0.5) is 8.78 Å². The monoisotopic (exact) mass is 406 g/mol. The van der Waals surface area contributed by atoms with Gasteiger partial charge in [0.2, 0.25) is 0 Å². The van der Waals surface area contributed by atoms with Crippen molar-refractivity contribution in [3.8, 4) is 22.3 Å². The highest BCUT2D eigenvalue weighted by molar-refractivity contribution is 5.71. The summed E-state index contributed by atoms with van der Waals surface area (Å²) in [5.41, 5.74) is 4.81. The third-order valence-corrected chi connectivity index (χ3v) is 5.75. The largest absolute Gasteiger partial charge is 0.203 e. The Hall–Kier alpha value is -2.48. The Kier molecular flexibility index (Phi) is 8.19. The lowest BCUT2D eigenvalue weighted by Gasteiger charge is -2.15. The van der Waals surface area contributed by atoms with Crippen LogP contribution in [-0.2, 0) is 12.8 Å². The lowest BCUT2D eigenvalue weighted by Crippen LogP contribution is -2.04. The molecule has 3 aromatic rings. The average molecular weight is 407 g/mol. The summed E-state index contributed by atoms with van der Waals surface area (Å²) >= 11 is 0. The zero-order chi connectivity index (χ0) is 21.3. The smallest absolute Gasteiger partial charge is 0.166 e. The van der Waals surface area contributed by atoms with Crippen molar-refractivity contribution in [3.63, 3.8) is 0 Å². The van der Waals surface area contributed by atoms with Gasteiger partial charge in [0, 0.05) is 5.56 Å². The fourth-order valence-electron chi connectivity index (χ4n) is 4.06. The predicted molar refractivity (Wildman–Crippen MR) is 124 cm³/mol. The molecule has 0 aliphatic rings. The molecule has 0 saturated carbocycles. The van der Waals surface area contributed by atoms with Crippen LogP contribution in [0.25, 0.3) is 22.3 Å². The molecule has 158 valence electrons. The van der Waals surface area contributed by atoms with Crippen molar-refractivity contribution in [1.82, 2.24) is 0 Å². The van der Waals surface area contributed by atoms with Gasteiger partial charge in [-0.05, 0) is 53.1 Å². The number of benzene rings is 3. The predicted octanol–water partition coefficient (Wildman–Crippen LogP) is 8.76. The van der Waals surface area contributed by atoms with Crippen molar-refractivity contribution >= 4 is 0 Å². The van der Waals surface area contributed by atoms with Gasteiger partial charge < -0.3 is 0 Å². The molecule has 0 aliphatic carbocycles. The Morgan fingerprint density at radius 1 is 0.600 bits per heavy atom. The summed E-state index contributed by atoms with van der Waals surface area (Å²) in [5, 5.41) is 0. The molecule has 2 heteroatoms. The van der Waals surface area contributed by atoms with Crippen molar-refractivity contribution in [2.45, 2.75) is 65.2 Å². The van der Waals surface area contributed by atoms with E-state index < -0.39 is 11.6 Å². The van der Waals surface area contributed by atoms with Crippen LogP contribution < -0.4 is 0 Å². The highest BCUT2D eigenvalue weighted by Crippen LogP contribution is 2.32. The van der Waals surface area contributed by atoms with Crippen molar-refractivity contribution < 1.29 is 8.78 Å². The van der Waals surface area contributed by atoms with Gasteiger partial charge in [0.25, 0.3) is 0 Å². The van der Waals surface area contributed by atoms with Crippen LogP contribution in [0.1, 0.15) is 63.5 Å². The minimum atomic E-state index is -0.722. The molecule has 0 radical (unpaired) electrons. The highest BCUT2D eigenvalue weighted by atomic mass is 19.2. The topological polar surface area (TPSA) is 0 Å². The summed E-state index contributed by atoms with van der Waals surface area (Å²) in [6.07, 6.45) is 8.01. The Morgan fingerprint density at radius 3 is 1.90 bits per heavy atom. The van der Waals surface area contributed by atoms with E-state index in [1.807, 2.05) is 67.6 Å². The van der Waals surface area contributed by atoms with E-state index in [0.29, 0.717) is 17.5 Å². The van der Waals surface area contributed by atoms with Crippen LogP contribution in [-0.4, -0.2) is 0 Å². The van der Waals surface area contributed by atoms with Crippen molar-refractivity contribution in [1.29, 1.82) is 0 Å². The van der Waals surface area contributed by atoms with E-state index in [9.17, 15) is 8.78 Å². The number of halogens is 2. The molecule has 30 heavy (non-hydrogen) atoms. The Bertz CT molecular complexity index is 927. The third-order valence-electron chi connectivity index (χ3n) is 5.75. The maximum atomic E-state index is 15.0. The van der Waals surface area contributed by atoms with Crippen LogP contribution in [0.5, 0.6) is 0 Å². The molecule has 3 rings (SSSR count). The lowest BCUT2D eigenvalue weighted by molar-refractivity contribution is 0.497. The summed E-state index contributed by atoms with van der Waals surface area (Å²) in [7, 11) is 0. The Morgan fingerprint density at radius 2 is 1.23 bits per heavy atom. The van der Waals surface area contributed by atoms with Crippen LogP contribution in [0.15, 0.2) is 60.7 Å². The molecule has 0 fully saturated rings. The molecule has 0 saturated heterocycles. The molecule has 0 N–H and O–H groups in total. The molecule has 0 amide bonds. The van der Waals surface area contributed by atoms with E-state index in [2.05, 4.69) is 6.92 Å².